The third kappa shape index (κ3) is 5.93. The predicted octanol–water partition coefficient (Wildman–Crippen LogP) is 4.32. The summed E-state index contributed by atoms with van der Waals surface area (Å²) in [5.41, 5.74) is 5.20. The molecule has 30 heavy (non-hydrogen) atoms. The van der Waals surface area contributed by atoms with E-state index >= 15 is 0 Å². The standard InChI is InChI=1S/C23H20ClN3O3/c1-16-11-12-19(13-20(16)24)26-22(28)23(29)27-25-14-18-9-5-6-10-21(18)30-15-17-7-3-2-4-8-17/h2-14H,15H2,1H3,(H,26,28)(H,27,29)/b25-14+. The molecule has 0 radical (unpaired) electrons. The maximum Gasteiger partial charge on any atom is 0.329 e. The summed E-state index contributed by atoms with van der Waals surface area (Å²) in [7, 11) is 0. The van der Waals surface area contributed by atoms with Crippen LogP contribution in [0.3, 0.4) is 0 Å². The van der Waals surface area contributed by atoms with Crippen molar-refractivity contribution in [3.63, 3.8) is 0 Å². The lowest BCUT2D eigenvalue weighted by Gasteiger charge is -2.09. The van der Waals surface area contributed by atoms with E-state index in [4.69, 9.17) is 16.3 Å². The molecule has 6 nitrogen and oxygen atoms in total. The van der Waals surface area contributed by atoms with Crippen LogP contribution in [0.25, 0.3) is 0 Å². The van der Waals surface area contributed by atoms with Crippen LogP contribution in [0, 0.1) is 6.92 Å². The number of anilines is 1. The first kappa shape index (κ1) is 21.1. The number of amides is 2. The summed E-state index contributed by atoms with van der Waals surface area (Å²) in [5, 5.41) is 6.83. The molecule has 152 valence electrons. The number of rotatable bonds is 6. The number of hydrogen-bond acceptors (Lipinski definition) is 4. The van der Waals surface area contributed by atoms with Gasteiger partial charge >= 0.3 is 11.8 Å². The first-order valence-electron chi connectivity index (χ1n) is 9.19. The van der Waals surface area contributed by atoms with Crippen LogP contribution in [0.5, 0.6) is 5.75 Å². The van der Waals surface area contributed by atoms with Crippen molar-refractivity contribution in [3.8, 4) is 5.75 Å². The van der Waals surface area contributed by atoms with Gasteiger partial charge in [0.25, 0.3) is 0 Å². The fraction of sp³-hybridized carbons (Fsp3) is 0.0870. The van der Waals surface area contributed by atoms with Gasteiger partial charge in [-0.3, -0.25) is 9.59 Å². The molecule has 0 bridgehead atoms. The molecule has 3 aromatic carbocycles. The van der Waals surface area contributed by atoms with Crippen LogP contribution in [-0.2, 0) is 16.2 Å². The fourth-order valence-corrected chi connectivity index (χ4v) is 2.70. The summed E-state index contributed by atoms with van der Waals surface area (Å²) >= 11 is 6.02. The van der Waals surface area contributed by atoms with Gasteiger partial charge in [-0.2, -0.15) is 5.10 Å². The molecular formula is C23H20ClN3O3. The second-order valence-electron chi connectivity index (χ2n) is 6.43. The number of nitrogens with zero attached hydrogens (tertiary/aromatic N) is 1. The lowest BCUT2D eigenvalue weighted by molar-refractivity contribution is -0.136. The van der Waals surface area contributed by atoms with E-state index in [0.717, 1.165) is 11.1 Å². The van der Waals surface area contributed by atoms with E-state index < -0.39 is 11.8 Å². The van der Waals surface area contributed by atoms with Crippen LogP contribution in [0.4, 0.5) is 5.69 Å². The molecule has 2 N–H and O–H groups in total. The SMILES string of the molecule is Cc1ccc(NC(=O)C(=O)N/N=C/c2ccccc2OCc2ccccc2)cc1Cl. The molecule has 0 spiro atoms. The molecule has 2 amide bonds. The number of carbonyl (C=O) groups is 2. The molecule has 0 saturated heterocycles. The van der Waals surface area contributed by atoms with E-state index in [9.17, 15) is 9.59 Å². The number of para-hydroxylation sites is 1. The molecule has 3 aromatic rings. The van der Waals surface area contributed by atoms with E-state index in [1.54, 1.807) is 30.3 Å². The topological polar surface area (TPSA) is 79.8 Å². The largest absolute Gasteiger partial charge is 0.488 e. The lowest BCUT2D eigenvalue weighted by atomic mass is 10.2. The molecule has 0 heterocycles. The molecule has 0 aliphatic rings. The van der Waals surface area contributed by atoms with Crippen LogP contribution in [0.1, 0.15) is 16.7 Å². The smallest absolute Gasteiger partial charge is 0.329 e. The Labute approximate surface area is 179 Å². The molecular weight excluding hydrogens is 402 g/mol. The van der Waals surface area contributed by atoms with Crippen LogP contribution < -0.4 is 15.5 Å². The highest BCUT2D eigenvalue weighted by atomic mass is 35.5. The molecule has 0 saturated carbocycles. The summed E-state index contributed by atoms with van der Waals surface area (Å²) in [6.07, 6.45) is 1.42. The average molecular weight is 422 g/mol. The van der Waals surface area contributed by atoms with Gasteiger partial charge in [0.1, 0.15) is 12.4 Å². The van der Waals surface area contributed by atoms with Gasteiger partial charge in [-0.1, -0.05) is 60.1 Å². The number of hydrogen-bond donors (Lipinski definition) is 2. The van der Waals surface area contributed by atoms with Crippen LogP contribution in [0.2, 0.25) is 5.02 Å². The summed E-state index contributed by atoms with van der Waals surface area (Å²) in [6, 6.07) is 22.0. The van der Waals surface area contributed by atoms with Crippen molar-refractivity contribution in [2.75, 3.05) is 5.32 Å². The van der Waals surface area contributed by atoms with Gasteiger partial charge in [-0.05, 0) is 42.3 Å². The average Bonchev–Trinajstić information content (AvgIpc) is 2.76. The molecule has 0 aromatic heterocycles. The van der Waals surface area contributed by atoms with E-state index in [1.807, 2.05) is 49.4 Å². The molecule has 3 rings (SSSR count). The molecule has 0 atom stereocenters. The molecule has 0 unspecified atom stereocenters. The maximum atomic E-state index is 12.0. The highest BCUT2D eigenvalue weighted by Crippen LogP contribution is 2.20. The van der Waals surface area contributed by atoms with Crippen molar-refractivity contribution in [2.24, 2.45) is 5.10 Å². The van der Waals surface area contributed by atoms with E-state index in [-0.39, 0.29) is 0 Å². The number of ether oxygens (including phenoxy) is 1. The van der Waals surface area contributed by atoms with Gasteiger partial charge in [-0.15, -0.1) is 0 Å². The Morgan fingerprint density at radius 1 is 1.00 bits per heavy atom. The third-order valence-electron chi connectivity index (χ3n) is 4.16. The van der Waals surface area contributed by atoms with Gasteiger partial charge in [-0.25, -0.2) is 5.43 Å². The number of nitrogens with one attached hydrogen (secondary N) is 2. The Hall–Kier alpha value is -3.64. The number of benzene rings is 3. The normalized spacial score (nSPS) is 10.6. The number of halogens is 1. The first-order chi connectivity index (χ1) is 14.5. The molecule has 0 aliphatic heterocycles. The van der Waals surface area contributed by atoms with Gasteiger partial charge < -0.3 is 10.1 Å². The van der Waals surface area contributed by atoms with E-state index in [2.05, 4.69) is 15.8 Å². The van der Waals surface area contributed by atoms with Crippen molar-refractivity contribution in [1.82, 2.24) is 5.43 Å². The second-order valence-corrected chi connectivity index (χ2v) is 6.84. The fourth-order valence-electron chi connectivity index (χ4n) is 2.52. The molecule has 0 aliphatic carbocycles. The minimum absolute atomic E-state index is 0.402. The minimum Gasteiger partial charge on any atom is -0.488 e. The minimum atomic E-state index is -0.898. The van der Waals surface area contributed by atoms with E-state index in [0.29, 0.717) is 28.6 Å². The third-order valence-corrected chi connectivity index (χ3v) is 4.57. The Bertz CT molecular complexity index is 1070. The number of carbonyl (C=O) groups excluding carboxylic acids is 2. The number of aryl methyl sites for hydroxylation is 1. The molecule has 0 fully saturated rings. The van der Waals surface area contributed by atoms with Gasteiger partial charge in [0.2, 0.25) is 0 Å². The number of hydrazone groups is 1. The van der Waals surface area contributed by atoms with E-state index in [1.165, 1.54) is 6.21 Å². The van der Waals surface area contributed by atoms with Crippen molar-refractivity contribution < 1.29 is 14.3 Å². The zero-order valence-electron chi connectivity index (χ0n) is 16.3. The van der Waals surface area contributed by atoms with Crippen molar-refractivity contribution in [1.29, 1.82) is 0 Å². The maximum absolute atomic E-state index is 12.0. The summed E-state index contributed by atoms with van der Waals surface area (Å²) in [6.45, 7) is 2.25. The summed E-state index contributed by atoms with van der Waals surface area (Å²) in [5.74, 6) is -1.13. The first-order valence-corrected chi connectivity index (χ1v) is 9.57. The highest BCUT2D eigenvalue weighted by molar-refractivity contribution is 6.39. The second kappa shape index (κ2) is 10.2. The Morgan fingerprint density at radius 3 is 2.50 bits per heavy atom. The van der Waals surface area contributed by atoms with Crippen LogP contribution in [-0.4, -0.2) is 18.0 Å². The zero-order valence-corrected chi connectivity index (χ0v) is 17.0. The quantitative estimate of drug-likeness (QED) is 0.353. The van der Waals surface area contributed by atoms with Crippen molar-refractivity contribution in [3.05, 3.63) is 94.5 Å². The Morgan fingerprint density at radius 2 is 1.73 bits per heavy atom. The van der Waals surface area contributed by atoms with Crippen molar-refractivity contribution in [2.45, 2.75) is 13.5 Å². The van der Waals surface area contributed by atoms with Crippen LogP contribution >= 0.6 is 11.6 Å². The Balaban J connectivity index is 1.57. The summed E-state index contributed by atoms with van der Waals surface area (Å²) in [4.78, 5) is 24.0. The summed E-state index contributed by atoms with van der Waals surface area (Å²) < 4.78 is 5.83. The monoisotopic (exact) mass is 421 g/mol. The van der Waals surface area contributed by atoms with Gasteiger partial charge in [0, 0.05) is 16.3 Å². The van der Waals surface area contributed by atoms with Crippen LogP contribution in [0.15, 0.2) is 77.9 Å². The highest BCUT2D eigenvalue weighted by Gasteiger charge is 2.13. The van der Waals surface area contributed by atoms with Gasteiger partial charge in [0.05, 0.1) is 6.21 Å². The predicted molar refractivity (Wildman–Crippen MR) is 118 cm³/mol. The lowest BCUT2D eigenvalue weighted by Crippen LogP contribution is -2.32. The zero-order chi connectivity index (χ0) is 21.3. The van der Waals surface area contributed by atoms with Crippen molar-refractivity contribution >= 4 is 35.3 Å². The Kier molecular flexibility index (Phi) is 7.19. The molecule has 7 heteroatoms. The van der Waals surface area contributed by atoms with Gasteiger partial charge in [0.15, 0.2) is 0 Å².